The van der Waals surface area contributed by atoms with Crippen LogP contribution in [0.5, 0.6) is 0 Å². The molecule has 5 nitrogen and oxygen atoms in total. The van der Waals surface area contributed by atoms with Crippen LogP contribution < -0.4 is 10.2 Å². The molecule has 1 N–H and O–H groups in total. The zero-order valence-corrected chi connectivity index (χ0v) is 10.7. The SMILES string of the molecule is CNc1nc(Cl)nc(N2CCCSCC2)n1. The van der Waals surface area contributed by atoms with Gasteiger partial charge in [0.2, 0.25) is 17.2 Å². The molecule has 0 amide bonds. The highest BCUT2D eigenvalue weighted by Gasteiger charge is 2.14. The monoisotopic (exact) mass is 259 g/mol. The molecule has 1 aromatic rings. The minimum atomic E-state index is 0.242. The minimum absolute atomic E-state index is 0.242. The van der Waals surface area contributed by atoms with Crippen LogP contribution in [0.15, 0.2) is 0 Å². The lowest BCUT2D eigenvalue weighted by atomic mass is 10.4. The number of hydrogen-bond acceptors (Lipinski definition) is 6. The van der Waals surface area contributed by atoms with E-state index in [1.54, 1.807) is 7.05 Å². The Kier molecular flexibility index (Phi) is 4.06. The van der Waals surface area contributed by atoms with Crippen molar-refractivity contribution in [2.75, 3.05) is 41.9 Å². The van der Waals surface area contributed by atoms with Crippen molar-refractivity contribution >= 4 is 35.3 Å². The molecule has 2 heterocycles. The van der Waals surface area contributed by atoms with E-state index in [9.17, 15) is 0 Å². The van der Waals surface area contributed by atoms with Crippen molar-refractivity contribution in [2.45, 2.75) is 6.42 Å². The zero-order valence-electron chi connectivity index (χ0n) is 9.11. The lowest BCUT2D eigenvalue weighted by Crippen LogP contribution is -2.27. The average Bonchev–Trinajstić information content (AvgIpc) is 2.56. The lowest BCUT2D eigenvalue weighted by molar-refractivity contribution is 0.777. The van der Waals surface area contributed by atoms with E-state index in [1.807, 2.05) is 11.8 Å². The summed E-state index contributed by atoms with van der Waals surface area (Å²) in [5, 5.41) is 3.13. The Morgan fingerprint density at radius 2 is 2.12 bits per heavy atom. The first-order valence-electron chi connectivity index (χ1n) is 5.21. The van der Waals surface area contributed by atoms with E-state index in [-0.39, 0.29) is 5.28 Å². The van der Waals surface area contributed by atoms with Gasteiger partial charge in [0.1, 0.15) is 0 Å². The van der Waals surface area contributed by atoms with Gasteiger partial charge in [0, 0.05) is 25.9 Å². The van der Waals surface area contributed by atoms with Crippen molar-refractivity contribution in [3.8, 4) is 0 Å². The molecule has 0 aliphatic carbocycles. The molecule has 0 spiro atoms. The van der Waals surface area contributed by atoms with Crippen molar-refractivity contribution in [1.29, 1.82) is 0 Å². The Morgan fingerprint density at radius 3 is 2.94 bits per heavy atom. The van der Waals surface area contributed by atoms with Crippen LogP contribution in [0.25, 0.3) is 0 Å². The van der Waals surface area contributed by atoms with Crippen molar-refractivity contribution in [3.05, 3.63) is 5.28 Å². The van der Waals surface area contributed by atoms with Crippen LogP contribution in [0.1, 0.15) is 6.42 Å². The van der Waals surface area contributed by atoms with Crippen LogP contribution in [-0.2, 0) is 0 Å². The van der Waals surface area contributed by atoms with E-state index in [0.29, 0.717) is 11.9 Å². The van der Waals surface area contributed by atoms with E-state index < -0.39 is 0 Å². The molecular formula is C9H14ClN5S. The van der Waals surface area contributed by atoms with Crippen molar-refractivity contribution in [1.82, 2.24) is 15.0 Å². The molecule has 7 heteroatoms. The van der Waals surface area contributed by atoms with Crippen LogP contribution in [0.4, 0.5) is 11.9 Å². The van der Waals surface area contributed by atoms with Gasteiger partial charge in [-0.05, 0) is 23.8 Å². The van der Waals surface area contributed by atoms with Gasteiger partial charge in [0.15, 0.2) is 0 Å². The Labute approximate surface area is 104 Å². The summed E-state index contributed by atoms with van der Waals surface area (Å²) in [5.41, 5.74) is 0. The number of halogens is 1. The molecule has 0 bridgehead atoms. The maximum Gasteiger partial charge on any atom is 0.231 e. The number of anilines is 2. The second-order valence-electron chi connectivity index (χ2n) is 3.43. The molecule has 16 heavy (non-hydrogen) atoms. The standard InChI is InChI=1S/C9H14ClN5S/c1-11-8-12-7(10)13-9(14-8)15-3-2-5-16-6-4-15/h2-6H2,1H3,(H,11,12,13,14). The highest BCUT2D eigenvalue weighted by molar-refractivity contribution is 7.99. The summed E-state index contributed by atoms with van der Waals surface area (Å²) in [6.07, 6.45) is 1.16. The minimum Gasteiger partial charge on any atom is -0.357 e. The van der Waals surface area contributed by atoms with E-state index in [4.69, 9.17) is 11.6 Å². The highest BCUT2D eigenvalue weighted by atomic mass is 35.5. The van der Waals surface area contributed by atoms with E-state index in [2.05, 4.69) is 25.2 Å². The second-order valence-corrected chi connectivity index (χ2v) is 4.99. The normalized spacial score (nSPS) is 17.0. The van der Waals surface area contributed by atoms with Crippen LogP contribution in [0.2, 0.25) is 5.28 Å². The Morgan fingerprint density at radius 1 is 1.25 bits per heavy atom. The van der Waals surface area contributed by atoms with E-state index >= 15 is 0 Å². The first kappa shape index (κ1) is 11.7. The molecule has 0 saturated carbocycles. The molecule has 88 valence electrons. The smallest absolute Gasteiger partial charge is 0.231 e. The lowest BCUT2D eigenvalue weighted by Gasteiger charge is -2.19. The van der Waals surface area contributed by atoms with Gasteiger partial charge in [-0.25, -0.2) is 0 Å². The third-order valence-electron chi connectivity index (χ3n) is 2.33. The summed E-state index contributed by atoms with van der Waals surface area (Å²) >= 11 is 7.82. The fraction of sp³-hybridized carbons (Fsp3) is 0.667. The van der Waals surface area contributed by atoms with Crippen LogP contribution >= 0.6 is 23.4 Å². The third kappa shape index (κ3) is 2.89. The predicted molar refractivity (Wildman–Crippen MR) is 68.5 cm³/mol. The first-order chi connectivity index (χ1) is 7.79. The van der Waals surface area contributed by atoms with Crippen LogP contribution in [-0.4, -0.2) is 46.6 Å². The van der Waals surface area contributed by atoms with Gasteiger partial charge in [0.25, 0.3) is 0 Å². The molecule has 1 aliphatic heterocycles. The summed E-state index contributed by atoms with van der Waals surface area (Å²) in [6.45, 7) is 1.95. The average molecular weight is 260 g/mol. The molecule has 1 aliphatic rings. The topological polar surface area (TPSA) is 53.9 Å². The quantitative estimate of drug-likeness (QED) is 0.869. The Balaban J connectivity index is 2.20. The number of nitrogens with one attached hydrogen (secondary N) is 1. The van der Waals surface area contributed by atoms with Gasteiger partial charge in [-0.3, -0.25) is 0 Å². The molecule has 0 radical (unpaired) electrons. The number of hydrogen-bond donors (Lipinski definition) is 1. The summed E-state index contributed by atoms with van der Waals surface area (Å²) in [4.78, 5) is 14.6. The van der Waals surface area contributed by atoms with Crippen molar-refractivity contribution in [2.24, 2.45) is 0 Å². The number of aromatic nitrogens is 3. The third-order valence-corrected chi connectivity index (χ3v) is 3.54. The van der Waals surface area contributed by atoms with Gasteiger partial charge < -0.3 is 10.2 Å². The molecule has 1 fully saturated rings. The second kappa shape index (κ2) is 5.54. The van der Waals surface area contributed by atoms with E-state index in [1.165, 1.54) is 5.75 Å². The molecule has 2 rings (SSSR count). The van der Waals surface area contributed by atoms with Gasteiger partial charge >= 0.3 is 0 Å². The van der Waals surface area contributed by atoms with Crippen LogP contribution in [0, 0.1) is 0 Å². The van der Waals surface area contributed by atoms with Crippen molar-refractivity contribution < 1.29 is 0 Å². The number of thioether (sulfide) groups is 1. The summed E-state index contributed by atoms with van der Waals surface area (Å²) in [5.74, 6) is 3.51. The molecule has 0 unspecified atom stereocenters. The van der Waals surface area contributed by atoms with Gasteiger partial charge in [0.05, 0.1) is 0 Å². The van der Waals surface area contributed by atoms with Gasteiger partial charge in [-0.2, -0.15) is 26.7 Å². The van der Waals surface area contributed by atoms with Crippen molar-refractivity contribution in [3.63, 3.8) is 0 Å². The maximum atomic E-state index is 5.85. The molecule has 0 aromatic carbocycles. The first-order valence-corrected chi connectivity index (χ1v) is 6.75. The number of rotatable bonds is 2. The Bertz CT molecular complexity index is 354. The molecule has 0 atom stereocenters. The van der Waals surface area contributed by atoms with Gasteiger partial charge in [-0.1, -0.05) is 0 Å². The molecule has 1 aromatic heterocycles. The van der Waals surface area contributed by atoms with Crippen LogP contribution in [0.3, 0.4) is 0 Å². The largest absolute Gasteiger partial charge is 0.357 e. The summed E-state index contributed by atoms with van der Waals surface area (Å²) < 4.78 is 0. The summed E-state index contributed by atoms with van der Waals surface area (Å²) in [6, 6.07) is 0. The zero-order chi connectivity index (χ0) is 11.4. The van der Waals surface area contributed by atoms with E-state index in [0.717, 1.165) is 25.3 Å². The fourth-order valence-electron chi connectivity index (χ4n) is 1.54. The fourth-order valence-corrected chi connectivity index (χ4v) is 2.58. The number of nitrogens with zero attached hydrogens (tertiary/aromatic N) is 4. The highest BCUT2D eigenvalue weighted by Crippen LogP contribution is 2.17. The maximum absolute atomic E-state index is 5.85. The Hall–Kier alpha value is -0.750. The summed E-state index contributed by atoms with van der Waals surface area (Å²) in [7, 11) is 1.77. The molecule has 1 saturated heterocycles. The van der Waals surface area contributed by atoms with Gasteiger partial charge in [-0.15, -0.1) is 0 Å². The molecular weight excluding hydrogens is 246 g/mol. The predicted octanol–water partition coefficient (Wildman–Crippen LogP) is 1.51.